The van der Waals surface area contributed by atoms with E-state index in [0.717, 1.165) is 0 Å². The highest BCUT2D eigenvalue weighted by atomic mass is 15.0. The average Bonchev–Trinajstić information content (AvgIpc) is 3.30. The molecule has 7 aromatic carbocycles. The molecule has 0 fully saturated rings. The molecule has 1 aromatic heterocycles. The van der Waals surface area contributed by atoms with Crippen LogP contribution in [-0.4, -0.2) is 4.57 Å². The van der Waals surface area contributed by atoms with Crippen molar-refractivity contribution in [2.24, 2.45) is 0 Å². The molecular formula is C37H25N. The second-order valence-electron chi connectivity index (χ2n) is 10.2. The fourth-order valence-corrected chi connectivity index (χ4v) is 6.40. The monoisotopic (exact) mass is 483 g/mol. The molecule has 0 N–H and O–H groups in total. The summed E-state index contributed by atoms with van der Waals surface area (Å²) in [5, 5.41) is 10.4. The van der Waals surface area contributed by atoms with Crippen LogP contribution in [0.3, 0.4) is 0 Å². The van der Waals surface area contributed by atoms with Gasteiger partial charge in [-0.05, 0) is 86.3 Å². The zero-order valence-corrected chi connectivity index (χ0v) is 21.1. The second kappa shape index (κ2) is 8.06. The van der Waals surface area contributed by atoms with E-state index < -0.39 is 0 Å². The summed E-state index contributed by atoms with van der Waals surface area (Å²) >= 11 is 0. The fourth-order valence-electron chi connectivity index (χ4n) is 6.40. The van der Waals surface area contributed by atoms with Gasteiger partial charge in [0.1, 0.15) is 0 Å². The number of aryl methyl sites for hydroxylation is 1. The fraction of sp³-hybridized carbons (Fsp3) is 0.0270. The maximum atomic E-state index is 2.41. The van der Waals surface area contributed by atoms with E-state index >= 15 is 0 Å². The van der Waals surface area contributed by atoms with Crippen LogP contribution >= 0.6 is 0 Å². The SMILES string of the molecule is Cc1c(-c2ccc(-n3c4ccccc4c4cc5ccccc5cc43)cc2)c2ccccc2c2ccccc12. The summed E-state index contributed by atoms with van der Waals surface area (Å²) in [4.78, 5) is 0. The van der Waals surface area contributed by atoms with Gasteiger partial charge in [0, 0.05) is 16.5 Å². The van der Waals surface area contributed by atoms with E-state index in [4.69, 9.17) is 0 Å². The number of hydrogen-bond donors (Lipinski definition) is 0. The number of fused-ring (bicyclic) bond motifs is 7. The molecule has 0 aliphatic heterocycles. The first-order chi connectivity index (χ1) is 18.8. The number of para-hydroxylation sites is 1. The molecule has 0 unspecified atom stereocenters. The van der Waals surface area contributed by atoms with Gasteiger partial charge < -0.3 is 4.57 Å². The summed E-state index contributed by atoms with van der Waals surface area (Å²) in [5.74, 6) is 0. The molecule has 0 atom stereocenters. The van der Waals surface area contributed by atoms with Gasteiger partial charge in [0.15, 0.2) is 0 Å². The van der Waals surface area contributed by atoms with Crippen molar-refractivity contribution in [3.8, 4) is 16.8 Å². The van der Waals surface area contributed by atoms with Gasteiger partial charge in [-0.25, -0.2) is 0 Å². The Morgan fingerprint density at radius 1 is 0.421 bits per heavy atom. The topological polar surface area (TPSA) is 4.93 Å². The van der Waals surface area contributed by atoms with Crippen molar-refractivity contribution < 1.29 is 0 Å². The van der Waals surface area contributed by atoms with Crippen LogP contribution in [0, 0.1) is 6.92 Å². The van der Waals surface area contributed by atoms with Crippen LogP contribution in [0.15, 0.2) is 133 Å². The Morgan fingerprint density at radius 3 is 1.71 bits per heavy atom. The van der Waals surface area contributed by atoms with Crippen molar-refractivity contribution in [2.45, 2.75) is 6.92 Å². The summed E-state index contributed by atoms with van der Waals surface area (Å²) in [6.07, 6.45) is 0. The number of nitrogens with zero attached hydrogens (tertiary/aromatic N) is 1. The first-order valence-electron chi connectivity index (χ1n) is 13.2. The Hall–Kier alpha value is -4.88. The molecule has 0 radical (unpaired) electrons. The number of hydrogen-bond acceptors (Lipinski definition) is 0. The molecule has 1 heteroatoms. The molecule has 0 aliphatic carbocycles. The maximum Gasteiger partial charge on any atom is 0.0547 e. The average molecular weight is 484 g/mol. The Morgan fingerprint density at radius 2 is 0.974 bits per heavy atom. The van der Waals surface area contributed by atoms with E-state index in [1.54, 1.807) is 0 Å². The van der Waals surface area contributed by atoms with Crippen molar-refractivity contribution in [1.29, 1.82) is 0 Å². The lowest BCUT2D eigenvalue weighted by molar-refractivity contribution is 1.18. The molecule has 178 valence electrons. The Balaban J connectivity index is 1.37. The first kappa shape index (κ1) is 21.2. The smallest absolute Gasteiger partial charge is 0.0547 e. The minimum absolute atomic E-state index is 1.18. The summed E-state index contributed by atoms with van der Waals surface area (Å²) in [6.45, 7) is 2.26. The summed E-state index contributed by atoms with van der Waals surface area (Å²) in [7, 11) is 0. The third-order valence-corrected chi connectivity index (χ3v) is 8.15. The van der Waals surface area contributed by atoms with Crippen molar-refractivity contribution in [3.63, 3.8) is 0 Å². The first-order valence-corrected chi connectivity index (χ1v) is 13.2. The molecule has 0 spiro atoms. The van der Waals surface area contributed by atoms with Crippen LogP contribution in [-0.2, 0) is 0 Å². The van der Waals surface area contributed by atoms with E-state index in [9.17, 15) is 0 Å². The second-order valence-corrected chi connectivity index (χ2v) is 10.2. The lowest BCUT2D eigenvalue weighted by atomic mass is 9.89. The molecule has 0 bridgehead atoms. The lowest BCUT2D eigenvalue weighted by Crippen LogP contribution is -1.95. The molecule has 8 rings (SSSR count). The van der Waals surface area contributed by atoms with Gasteiger partial charge in [0.05, 0.1) is 11.0 Å². The van der Waals surface area contributed by atoms with Crippen molar-refractivity contribution in [3.05, 3.63) is 139 Å². The third-order valence-electron chi connectivity index (χ3n) is 8.15. The third kappa shape index (κ3) is 2.99. The Bertz CT molecular complexity index is 2180. The quantitative estimate of drug-likeness (QED) is 0.216. The van der Waals surface area contributed by atoms with Gasteiger partial charge in [-0.15, -0.1) is 0 Å². The van der Waals surface area contributed by atoms with Crippen molar-refractivity contribution in [1.82, 2.24) is 4.57 Å². The van der Waals surface area contributed by atoms with E-state index in [-0.39, 0.29) is 0 Å². The normalized spacial score (nSPS) is 11.8. The van der Waals surface area contributed by atoms with Crippen LogP contribution in [0.25, 0.3) is 70.9 Å². The van der Waals surface area contributed by atoms with Gasteiger partial charge in [-0.2, -0.15) is 0 Å². The van der Waals surface area contributed by atoms with E-state index in [0.29, 0.717) is 0 Å². The summed E-state index contributed by atoms with van der Waals surface area (Å²) in [5.41, 5.74) is 7.55. The maximum absolute atomic E-state index is 2.41. The predicted molar refractivity (Wildman–Crippen MR) is 163 cm³/mol. The Kier molecular flexibility index (Phi) is 4.50. The van der Waals surface area contributed by atoms with Gasteiger partial charge in [0.25, 0.3) is 0 Å². The largest absolute Gasteiger partial charge is 0.309 e. The molecule has 8 aromatic rings. The van der Waals surface area contributed by atoms with Crippen molar-refractivity contribution in [2.75, 3.05) is 0 Å². The predicted octanol–water partition coefficient (Wildman–Crippen LogP) is 10.2. The van der Waals surface area contributed by atoms with Gasteiger partial charge >= 0.3 is 0 Å². The number of benzene rings is 7. The number of aromatic nitrogens is 1. The molecule has 0 aliphatic rings. The van der Waals surface area contributed by atoms with Crippen LogP contribution < -0.4 is 0 Å². The van der Waals surface area contributed by atoms with Gasteiger partial charge in [-0.3, -0.25) is 0 Å². The highest BCUT2D eigenvalue weighted by Crippen LogP contribution is 2.40. The number of rotatable bonds is 2. The van der Waals surface area contributed by atoms with Crippen LogP contribution in [0.1, 0.15) is 5.56 Å². The van der Waals surface area contributed by atoms with Gasteiger partial charge in [0.2, 0.25) is 0 Å². The van der Waals surface area contributed by atoms with E-state index in [2.05, 4.69) is 145 Å². The molecule has 0 saturated carbocycles. The highest BCUT2D eigenvalue weighted by Gasteiger charge is 2.15. The molecule has 38 heavy (non-hydrogen) atoms. The molecular weight excluding hydrogens is 458 g/mol. The van der Waals surface area contributed by atoms with Gasteiger partial charge in [-0.1, -0.05) is 103 Å². The molecule has 1 heterocycles. The minimum atomic E-state index is 1.18. The summed E-state index contributed by atoms with van der Waals surface area (Å²) < 4.78 is 2.41. The highest BCUT2D eigenvalue weighted by molar-refractivity contribution is 6.16. The zero-order valence-electron chi connectivity index (χ0n) is 21.1. The summed E-state index contributed by atoms with van der Waals surface area (Å²) in [6, 6.07) is 48.7. The standard InChI is InChI=1S/C37H25N/c1-24-29-12-4-5-13-30(29)31-14-6-7-16-33(31)37(24)25-18-20-28(21-19-25)38-35-17-9-8-15-32(35)34-22-26-10-2-3-11-27(26)23-36(34)38/h2-23H,1H3. The minimum Gasteiger partial charge on any atom is -0.309 e. The molecule has 0 amide bonds. The zero-order chi connectivity index (χ0) is 25.2. The Labute approximate surface area is 221 Å². The van der Waals surface area contributed by atoms with E-state index in [1.165, 1.54) is 76.5 Å². The molecule has 1 nitrogen and oxygen atoms in total. The van der Waals surface area contributed by atoms with Crippen LogP contribution in [0.2, 0.25) is 0 Å². The molecule has 0 saturated heterocycles. The van der Waals surface area contributed by atoms with Crippen LogP contribution in [0.5, 0.6) is 0 Å². The van der Waals surface area contributed by atoms with Crippen molar-refractivity contribution >= 4 is 54.1 Å². The van der Waals surface area contributed by atoms with E-state index in [1.807, 2.05) is 0 Å². The lowest BCUT2D eigenvalue weighted by Gasteiger charge is -2.16. The van der Waals surface area contributed by atoms with Crippen LogP contribution in [0.4, 0.5) is 0 Å².